The fourth-order valence-corrected chi connectivity index (χ4v) is 3.12. The molecule has 1 aliphatic carbocycles. The zero-order valence-corrected chi connectivity index (χ0v) is 15.2. The molecule has 6 nitrogen and oxygen atoms in total. The maximum absolute atomic E-state index is 11.7. The molecular formula is C19H30N4O2. The fraction of sp³-hybridized carbons (Fsp3) is 0.579. The molecule has 0 aromatic heterocycles. The van der Waals surface area contributed by atoms with Crippen LogP contribution in [0.1, 0.15) is 42.1 Å². The summed E-state index contributed by atoms with van der Waals surface area (Å²) in [6, 6.07) is 7.65. The minimum Gasteiger partial charge on any atom is -0.393 e. The van der Waals surface area contributed by atoms with Gasteiger partial charge in [-0.2, -0.15) is 0 Å². The number of amides is 1. The van der Waals surface area contributed by atoms with Crippen LogP contribution in [0, 0.1) is 5.92 Å². The van der Waals surface area contributed by atoms with Crippen molar-refractivity contribution in [1.82, 2.24) is 16.0 Å². The Morgan fingerprint density at radius 1 is 1.32 bits per heavy atom. The summed E-state index contributed by atoms with van der Waals surface area (Å²) in [5, 5.41) is 19.1. The van der Waals surface area contributed by atoms with Crippen LogP contribution < -0.4 is 16.0 Å². The van der Waals surface area contributed by atoms with Gasteiger partial charge in [-0.1, -0.05) is 18.6 Å². The number of aliphatic imine (C=N–C) groups is 1. The van der Waals surface area contributed by atoms with Crippen molar-refractivity contribution in [2.45, 2.75) is 38.7 Å². The molecule has 0 radical (unpaired) electrons. The first-order chi connectivity index (χ1) is 12.1. The average Bonchev–Trinajstić information content (AvgIpc) is 3.04. The number of benzene rings is 1. The Morgan fingerprint density at radius 3 is 2.84 bits per heavy atom. The molecule has 2 unspecified atom stereocenters. The van der Waals surface area contributed by atoms with E-state index in [9.17, 15) is 9.90 Å². The molecule has 25 heavy (non-hydrogen) atoms. The summed E-state index contributed by atoms with van der Waals surface area (Å²) in [7, 11) is 1.64. The predicted octanol–water partition coefficient (Wildman–Crippen LogP) is 1.30. The van der Waals surface area contributed by atoms with E-state index in [1.807, 2.05) is 31.2 Å². The lowest BCUT2D eigenvalue weighted by atomic mass is 10.1. The van der Waals surface area contributed by atoms with E-state index in [1.54, 1.807) is 7.05 Å². The molecule has 0 heterocycles. The number of hydrogen-bond acceptors (Lipinski definition) is 3. The second-order valence-electron chi connectivity index (χ2n) is 6.43. The maximum atomic E-state index is 11.7. The lowest BCUT2D eigenvalue weighted by molar-refractivity contribution is 0.0963. The standard InChI is InChI=1S/C19H30N4O2/c1-3-21-19(23-13-16-8-5-9-17(16)24)22-11-10-14-6-4-7-15(12-14)18(25)20-2/h4,6-7,12,16-17,24H,3,5,8-11,13H2,1-2H3,(H,20,25)(H2,21,22,23). The highest BCUT2D eigenvalue weighted by atomic mass is 16.3. The molecule has 1 fully saturated rings. The molecule has 1 amide bonds. The van der Waals surface area contributed by atoms with E-state index in [0.29, 0.717) is 12.1 Å². The highest BCUT2D eigenvalue weighted by Crippen LogP contribution is 2.25. The van der Waals surface area contributed by atoms with Crippen molar-refractivity contribution in [2.24, 2.45) is 10.9 Å². The number of nitrogens with one attached hydrogen (secondary N) is 3. The molecule has 4 N–H and O–H groups in total. The van der Waals surface area contributed by atoms with Crippen molar-refractivity contribution < 1.29 is 9.90 Å². The molecule has 6 heteroatoms. The van der Waals surface area contributed by atoms with Gasteiger partial charge in [0.15, 0.2) is 5.96 Å². The van der Waals surface area contributed by atoms with E-state index in [1.165, 1.54) is 0 Å². The minimum atomic E-state index is -0.209. The molecule has 1 aromatic rings. The Labute approximate surface area is 150 Å². The number of aliphatic hydroxyl groups excluding tert-OH is 1. The second kappa shape index (κ2) is 10.0. The Hall–Kier alpha value is -2.08. The van der Waals surface area contributed by atoms with Gasteiger partial charge in [0, 0.05) is 38.2 Å². The van der Waals surface area contributed by atoms with Gasteiger partial charge in [0.25, 0.3) is 5.91 Å². The molecule has 0 saturated heterocycles. The highest BCUT2D eigenvalue weighted by Gasteiger charge is 2.24. The van der Waals surface area contributed by atoms with E-state index in [4.69, 9.17) is 0 Å². The Balaban J connectivity index is 1.85. The molecule has 1 saturated carbocycles. The zero-order chi connectivity index (χ0) is 18.1. The van der Waals surface area contributed by atoms with E-state index >= 15 is 0 Å². The average molecular weight is 346 g/mol. The van der Waals surface area contributed by atoms with Crippen molar-refractivity contribution in [3.63, 3.8) is 0 Å². The first-order valence-corrected chi connectivity index (χ1v) is 9.15. The minimum absolute atomic E-state index is 0.0696. The number of rotatable bonds is 7. The number of carbonyl (C=O) groups excluding carboxylic acids is 1. The van der Waals surface area contributed by atoms with E-state index in [2.05, 4.69) is 20.9 Å². The van der Waals surface area contributed by atoms with Crippen LogP contribution in [-0.4, -0.2) is 49.8 Å². The summed E-state index contributed by atoms with van der Waals surface area (Å²) in [6.45, 7) is 4.22. The quantitative estimate of drug-likeness (QED) is 0.443. The van der Waals surface area contributed by atoms with Gasteiger partial charge in [0.1, 0.15) is 0 Å². The number of aliphatic hydroxyl groups is 1. The molecule has 1 aliphatic rings. The van der Waals surface area contributed by atoms with Crippen LogP contribution in [-0.2, 0) is 6.42 Å². The van der Waals surface area contributed by atoms with Crippen LogP contribution in [0.3, 0.4) is 0 Å². The number of guanidine groups is 1. The second-order valence-corrected chi connectivity index (χ2v) is 6.43. The summed E-state index contributed by atoms with van der Waals surface area (Å²) in [5.74, 6) is 0.989. The van der Waals surface area contributed by atoms with Crippen molar-refractivity contribution in [2.75, 3.05) is 26.7 Å². The molecule has 2 atom stereocenters. The van der Waals surface area contributed by atoms with Crippen LogP contribution in [0.25, 0.3) is 0 Å². The smallest absolute Gasteiger partial charge is 0.251 e. The maximum Gasteiger partial charge on any atom is 0.251 e. The normalized spacial score (nSPS) is 20.4. The van der Waals surface area contributed by atoms with Gasteiger partial charge in [-0.15, -0.1) is 0 Å². The van der Waals surface area contributed by atoms with Crippen molar-refractivity contribution in [3.05, 3.63) is 35.4 Å². The summed E-state index contributed by atoms with van der Waals surface area (Å²) in [4.78, 5) is 16.3. The SMILES string of the molecule is CCNC(=NCC1CCCC1O)NCCc1cccc(C(=O)NC)c1. The molecule has 2 rings (SSSR count). The van der Waals surface area contributed by atoms with E-state index in [-0.39, 0.29) is 17.9 Å². The summed E-state index contributed by atoms with van der Waals surface area (Å²) in [6.07, 6.45) is 3.63. The first kappa shape index (κ1) is 19.2. The van der Waals surface area contributed by atoms with Gasteiger partial charge >= 0.3 is 0 Å². The van der Waals surface area contributed by atoms with Gasteiger partial charge < -0.3 is 21.1 Å². The van der Waals surface area contributed by atoms with Crippen molar-refractivity contribution in [3.8, 4) is 0 Å². The Bertz CT molecular complexity index is 589. The van der Waals surface area contributed by atoms with Gasteiger partial charge in [-0.25, -0.2) is 0 Å². The van der Waals surface area contributed by atoms with Crippen LogP contribution in [0.4, 0.5) is 0 Å². The fourth-order valence-electron chi connectivity index (χ4n) is 3.12. The van der Waals surface area contributed by atoms with Gasteiger partial charge in [-0.3, -0.25) is 9.79 Å². The number of nitrogens with zero attached hydrogens (tertiary/aromatic N) is 1. The van der Waals surface area contributed by atoms with Crippen molar-refractivity contribution >= 4 is 11.9 Å². The monoisotopic (exact) mass is 346 g/mol. The van der Waals surface area contributed by atoms with Crippen LogP contribution in [0.2, 0.25) is 0 Å². The molecule has 0 spiro atoms. The first-order valence-electron chi connectivity index (χ1n) is 9.15. The van der Waals surface area contributed by atoms with Crippen molar-refractivity contribution in [1.29, 1.82) is 0 Å². The largest absolute Gasteiger partial charge is 0.393 e. The number of carbonyl (C=O) groups is 1. The molecular weight excluding hydrogens is 316 g/mol. The molecule has 1 aromatic carbocycles. The highest BCUT2D eigenvalue weighted by molar-refractivity contribution is 5.94. The lowest BCUT2D eigenvalue weighted by Crippen LogP contribution is -2.39. The van der Waals surface area contributed by atoms with Crippen LogP contribution >= 0.6 is 0 Å². The number of hydrogen-bond donors (Lipinski definition) is 4. The zero-order valence-electron chi connectivity index (χ0n) is 15.2. The summed E-state index contributed by atoms with van der Waals surface area (Å²) in [5.41, 5.74) is 1.78. The third-order valence-corrected chi connectivity index (χ3v) is 4.57. The Morgan fingerprint density at radius 2 is 2.16 bits per heavy atom. The molecule has 0 bridgehead atoms. The third-order valence-electron chi connectivity index (χ3n) is 4.57. The van der Waals surface area contributed by atoms with Gasteiger partial charge in [-0.05, 0) is 43.9 Å². The van der Waals surface area contributed by atoms with Crippen LogP contribution in [0.15, 0.2) is 29.3 Å². The van der Waals surface area contributed by atoms with Gasteiger partial charge in [0.2, 0.25) is 0 Å². The van der Waals surface area contributed by atoms with Gasteiger partial charge in [0.05, 0.1) is 6.10 Å². The lowest BCUT2D eigenvalue weighted by Gasteiger charge is -2.15. The van der Waals surface area contributed by atoms with E-state index in [0.717, 1.165) is 50.3 Å². The Kier molecular flexibility index (Phi) is 7.73. The predicted molar refractivity (Wildman–Crippen MR) is 101 cm³/mol. The molecule has 0 aliphatic heterocycles. The summed E-state index contributed by atoms with van der Waals surface area (Å²) >= 11 is 0. The van der Waals surface area contributed by atoms with Crippen LogP contribution in [0.5, 0.6) is 0 Å². The topological polar surface area (TPSA) is 85.8 Å². The summed E-state index contributed by atoms with van der Waals surface area (Å²) < 4.78 is 0. The van der Waals surface area contributed by atoms with E-state index < -0.39 is 0 Å². The third kappa shape index (κ3) is 6.05. The molecule has 138 valence electrons.